The maximum absolute atomic E-state index is 14.5. The average Bonchev–Trinajstić information content (AvgIpc) is 3.09. The Bertz CT molecular complexity index is 1290. The minimum atomic E-state index is -1.05. The Kier molecular flexibility index (Phi) is 5.15. The van der Waals surface area contributed by atoms with Gasteiger partial charge in [-0.15, -0.1) is 0 Å². The quantitative estimate of drug-likeness (QED) is 0.401. The molecular weight excluding hydrogens is 411 g/mol. The molecule has 4 aromatic rings. The smallest absolute Gasteiger partial charge is 0.336 e. The fourth-order valence-corrected chi connectivity index (χ4v) is 3.41. The van der Waals surface area contributed by atoms with Crippen molar-refractivity contribution < 1.29 is 24.1 Å². The van der Waals surface area contributed by atoms with E-state index >= 15 is 0 Å². The number of aromatic amines is 1. The second-order valence-electron chi connectivity index (χ2n) is 6.75. The normalized spacial score (nSPS) is 11.1. The van der Waals surface area contributed by atoms with Crippen molar-refractivity contribution in [3.8, 4) is 22.9 Å². The number of aromatic nitrogens is 2. The molecule has 0 bridgehead atoms. The van der Waals surface area contributed by atoms with Crippen LogP contribution < -0.4 is 4.74 Å². The second kappa shape index (κ2) is 7.78. The first-order valence-electron chi connectivity index (χ1n) is 8.96. The van der Waals surface area contributed by atoms with Crippen molar-refractivity contribution in [3.05, 3.63) is 76.1 Å². The fraction of sp³-hybridized carbons (Fsp3) is 0.0909. The van der Waals surface area contributed by atoms with Crippen LogP contribution in [0.15, 0.2) is 48.5 Å². The average molecular weight is 427 g/mol. The van der Waals surface area contributed by atoms with E-state index in [0.717, 1.165) is 0 Å². The molecule has 4 rings (SSSR count). The number of aryl methyl sites for hydroxylation is 1. The Hall–Kier alpha value is -3.42. The molecule has 0 radical (unpaired) electrons. The molecular formula is C22H16ClFN2O4. The first-order chi connectivity index (χ1) is 14.4. The van der Waals surface area contributed by atoms with Gasteiger partial charge in [0.05, 0.1) is 28.2 Å². The van der Waals surface area contributed by atoms with E-state index < -0.39 is 11.8 Å². The van der Waals surface area contributed by atoms with Crippen molar-refractivity contribution in [1.82, 2.24) is 9.97 Å². The molecule has 0 fully saturated rings. The molecule has 1 heterocycles. The number of H-pyrrole nitrogens is 1. The van der Waals surface area contributed by atoms with Crippen LogP contribution in [0.2, 0.25) is 5.02 Å². The van der Waals surface area contributed by atoms with Crippen molar-refractivity contribution in [2.45, 2.75) is 13.5 Å². The lowest BCUT2D eigenvalue weighted by molar-refractivity contribution is 0.0695. The highest BCUT2D eigenvalue weighted by atomic mass is 35.5. The first-order valence-corrected chi connectivity index (χ1v) is 9.34. The molecule has 30 heavy (non-hydrogen) atoms. The van der Waals surface area contributed by atoms with Gasteiger partial charge in [-0.1, -0.05) is 29.8 Å². The molecule has 0 atom stereocenters. The van der Waals surface area contributed by atoms with Crippen LogP contribution in [0.25, 0.3) is 22.2 Å². The summed E-state index contributed by atoms with van der Waals surface area (Å²) in [6.45, 7) is 1.44. The number of rotatable bonds is 5. The number of imidazole rings is 1. The maximum Gasteiger partial charge on any atom is 0.336 e. The Morgan fingerprint density at radius 1 is 1.17 bits per heavy atom. The molecule has 0 aliphatic heterocycles. The van der Waals surface area contributed by atoms with Crippen molar-refractivity contribution in [3.63, 3.8) is 0 Å². The van der Waals surface area contributed by atoms with Crippen LogP contribution in [0.5, 0.6) is 11.8 Å². The molecule has 0 aliphatic rings. The highest BCUT2D eigenvalue weighted by Gasteiger charge is 2.15. The standard InChI is InChI=1S/C22H16ClFN2O4/c1-11-2-4-13(7-15(11)21(28)29)30-22-25-19-8-16(17(23)9-20(19)26-22)14-5-3-12(10-27)6-18(14)24/h2-9,27H,10H2,1H3,(H,25,26)(H,28,29). The lowest BCUT2D eigenvalue weighted by Gasteiger charge is -2.07. The summed E-state index contributed by atoms with van der Waals surface area (Å²) >= 11 is 6.36. The van der Waals surface area contributed by atoms with Crippen LogP contribution in [0, 0.1) is 12.7 Å². The number of aromatic carboxylic acids is 1. The molecule has 3 N–H and O–H groups in total. The summed E-state index contributed by atoms with van der Waals surface area (Å²) in [5, 5.41) is 18.7. The minimum Gasteiger partial charge on any atom is -0.478 e. The van der Waals surface area contributed by atoms with E-state index in [1.54, 1.807) is 43.3 Å². The van der Waals surface area contributed by atoms with Gasteiger partial charge in [0.2, 0.25) is 0 Å². The van der Waals surface area contributed by atoms with Crippen LogP contribution in [0.4, 0.5) is 4.39 Å². The van der Waals surface area contributed by atoms with Gasteiger partial charge in [-0.2, -0.15) is 4.98 Å². The van der Waals surface area contributed by atoms with E-state index in [-0.39, 0.29) is 23.7 Å². The van der Waals surface area contributed by atoms with E-state index in [4.69, 9.17) is 21.4 Å². The summed E-state index contributed by atoms with van der Waals surface area (Å²) in [7, 11) is 0. The summed E-state index contributed by atoms with van der Waals surface area (Å²) in [5.74, 6) is -1.24. The summed E-state index contributed by atoms with van der Waals surface area (Å²) in [5.41, 5.74) is 3.03. The van der Waals surface area contributed by atoms with Crippen LogP contribution in [-0.2, 0) is 6.61 Å². The third-order valence-corrected chi connectivity index (χ3v) is 5.02. The zero-order chi connectivity index (χ0) is 21.4. The SMILES string of the molecule is Cc1ccc(Oc2nc3cc(-c4ccc(CO)cc4F)c(Cl)cc3[nH]2)cc1C(=O)O. The van der Waals surface area contributed by atoms with Crippen molar-refractivity contribution in [1.29, 1.82) is 0 Å². The number of aliphatic hydroxyl groups is 1. The Labute approximate surface area is 175 Å². The Morgan fingerprint density at radius 3 is 2.67 bits per heavy atom. The monoisotopic (exact) mass is 426 g/mol. The number of aliphatic hydroxyl groups excluding tert-OH is 1. The van der Waals surface area contributed by atoms with Gasteiger partial charge in [0.1, 0.15) is 11.6 Å². The van der Waals surface area contributed by atoms with Crippen LogP contribution >= 0.6 is 11.6 Å². The van der Waals surface area contributed by atoms with Crippen LogP contribution in [-0.4, -0.2) is 26.2 Å². The number of hydrogen-bond donors (Lipinski definition) is 3. The number of carboxylic acids is 1. The van der Waals surface area contributed by atoms with Gasteiger partial charge >= 0.3 is 5.97 Å². The summed E-state index contributed by atoms with van der Waals surface area (Å²) in [6.07, 6.45) is 0. The summed E-state index contributed by atoms with van der Waals surface area (Å²) in [6, 6.07) is 12.5. The second-order valence-corrected chi connectivity index (χ2v) is 7.15. The molecule has 8 heteroatoms. The van der Waals surface area contributed by atoms with Gasteiger partial charge in [-0.25, -0.2) is 9.18 Å². The number of benzene rings is 3. The molecule has 152 valence electrons. The highest BCUT2D eigenvalue weighted by molar-refractivity contribution is 6.34. The zero-order valence-corrected chi connectivity index (χ0v) is 16.5. The predicted octanol–water partition coefficient (Wildman–Crippen LogP) is 5.31. The number of fused-ring (bicyclic) bond motifs is 1. The van der Waals surface area contributed by atoms with E-state index in [9.17, 15) is 14.3 Å². The third-order valence-electron chi connectivity index (χ3n) is 4.71. The van der Waals surface area contributed by atoms with Gasteiger partial charge < -0.3 is 19.9 Å². The van der Waals surface area contributed by atoms with Gasteiger partial charge in [-0.05, 0) is 48.4 Å². The van der Waals surface area contributed by atoms with E-state index in [1.807, 2.05) is 0 Å². The van der Waals surface area contributed by atoms with Gasteiger partial charge in [0.15, 0.2) is 0 Å². The molecule has 0 amide bonds. The number of hydrogen-bond acceptors (Lipinski definition) is 4. The van der Waals surface area contributed by atoms with E-state index in [1.165, 1.54) is 12.1 Å². The molecule has 0 saturated heterocycles. The Balaban J connectivity index is 1.70. The predicted molar refractivity (Wildman–Crippen MR) is 111 cm³/mol. The number of halogens is 2. The fourth-order valence-electron chi connectivity index (χ4n) is 3.14. The molecule has 0 unspecified atom stereocenters. The van der Waals surface area contributed by atoms with Crippen molar-refractivity contribution in [2.24, 2.45) is 0 Å². The lowest BCUT2D eigenvalue weighted by Crippen LogP contribution is -2.00. The molecule has 0 spiro atoms. The number of ether oxygens (including phenoxy) is 1. The highest BCUT2D eigenvalue weighted by Crippen LogP contribution is 2.34. The van der Waals surface area contributed by atoms with E-state index in [2.05, 4.69) is 9.97 Å². The molecule has 0 saturated carbocycles. The largest absolute Gasteiger partial charge is 0.478 e. The number of nitrogens with zero attached hydrogens (tertiary/aromatic N) is 1. The topological polar surface area (TPSA) is 95.4 Å². The van der Waals surface area contributed by atoms with Crippen molar-refractivity contribution in [2.75, 3.05) is 0 Å². The molecule has 0 aliphatic carbocycles. The number of carboxylic acid groups (broad SMARTS) is 1. The number of carbonyl (C=O) groups is 1. The molecule has 3 aromatic carbocycles. The van der Waals surface area contributed by atoms with Crippen LogP contribution in [0.3, 0.4) is 0 Å². The maximum atomic E-state index is 14.5. The summed E-state index contributed by atoms with van der Waals surface area (Å²) < 4.78 is 20.1. The molecule has 6 nitrogen and oxygen atoms in total. The first kappa shape index (κ1) is 19.9. The third kappa shape index (κ3) is 3.72. The van der Waals surface area contributed by atoms with Crippen molar-refractivity contribution >= 4 is 28.6 Å². The number of nitrogens with one attached hydrogen (secondary N) is 1. The minimum absolute atomic E-state index is 0.135. The van der Waals surface area contributed by atoms with E-state index in [0.29, 0.717) is 38.5 Å². The van der Waals surface area contributed by atoms with Gasteiger partial charge in [-0.3, -0.25) is 0 Å². The summed E-state index contributed by atoms with van der Waals surface area (Å²) in [4.78, 5) is 18.6. The Morgan fingerprint density at radius 2 is 1.97 bits per heavy atom. The lowest BCUT2D eigenvalue weighted by atomic mass is 10.0. The molecule has 1 aromatic heterocycles. The zero-order valence-electron chi connectivity index (χ0n) is 15.7. The van der Waals surface area contributed by atoms with Gasteiger partial charge in [0.25, 0.3) is 6.01 Å². The van der Waals surface area contributed by atoms with Crippen LogP contribution in [0.1, 0.15) is 21.5 Å². The van der Waals surface area contributed by atoms with Gasteiger partial charge in [0, 0.05) is 11.1 Å².